The van der Waals surface area contributed by atoms with Gasteiger partial charge in [-0.25, -0.2) is 0 Å². The van der Waals surface area contributed by atoms with Gasteiger partial charge in [0.25, 0.3) is 0 Å². The second kappa shape index (κ2) is 5.24. The summed E-state index contributed by atoms with van der Waals surface area (Å²) in [6, 6.07) is -0.639. The van der Waals surface area contributed by atoms with Crippen LogP contribution in [0.1, 0.15) is 33.6 Å². The van der Waals surface area contributed by atoms with Crippen molar-refractivity contribution in [2.45, 2.75) is 45.7 Å². The summed E-state index contributed by atoms with van der Waals surface area (Å²) in [6.07, 6.45) is 1.07. The van der Waals surface area contributed by atoms with Crippen LogP contribution in [0.3, 0.4) is 0 Å². The zero-order chi connectivity index (χ0) is 13.9. The lowest BCUT2D eigenvalue weighted by atomic mass is 10.0. The van der Waals surface area contributed by atoms with Crippen molar-refractivity contribution in [3.63, 3.8) is 0 Å². The Kier molecular flexibility index (Phi) is 4.15. The zero-order valence-corrected chi connectivity index (χ0v) is 10.9. The van der Waals surface area contributed by atoms with Crippen LogP contribution in [0.5, 0.6) is 0 Å². The first-order valence-electron chi connectivity index (χ1n) is 5.93. The minimum atomic E-state index is -0.929. The molecule has 1 aliphatic carbocycles. The molecule has 7 heteroatoms. The Bertz CT molecular complexity index is 374. The Labute approximate surface area is 106 Å². The van der Waals surface area contributed by atoms with E-state index in [-0.39, 0.29) is 23.7 Å². The number of nitrogens with two attached hydrogens (primary N) is 1. The van der Waals surface area contributed by atoms with Crippen LogP contribution in [0.15, 0.2) is 5.16 Å². The number of hydrogen-bond acceptors (Lipinski definition) is 4. The molecule has 1 rings (SSSR count). The van der Waals surface area contributed by atoms with E-state index in [0.717, 1.165) is 0 Å². The third-order valence-corrected chi connectivity index (χ3v) is 2.95. The van der Waals surface area contributed by atoms with Gasteiger partial charge in [0.15, 0.2) is 5.84 Å². The number of carbonyl (C=O) groups excluding carboxylic acids is 2. The fraction of sp³-hybridized carbons (Fsp3) is 0.727. The summed E-state index contributed by atoms with van der Waals surface area (Å²) in [5.41, 5.74) is 4.56. The van der Waals surface area contributed by atoms with Crippen LogP contribution >= 0.6 is 0 Å². The fourth-order valence-electron chi connectivity index (χ4n) is 1.63. The van der Waals surface area contributed by atoms with E-state index in [1.807, 2.05) is 13.8 Å². The normalized spacial score (nSPS) is 19.2. The first kappa shape index (κ1) is 14.3. The molecule has 2 amide bonds. The van der Waals surface area contributed by atoms with Crippen molar-refractivity contribution in [1.82, 2.24) is 10.6 Å². The molecule has 0 aliphatic heterocycles. The van der Waals surface area contributed by atoms with Crippen LogP contribution in [0.4, 0.5) is 0 Å². The lowest BCUT2D eigenvalue weighted by molar-refractivity contribution is -0.130. The Morgan fingerprint density at radius 3 is 2.22 bits per heavy atom. The van der Waals surface area contributed by atoms with E-state index in [4.69, 9.17) is 10.9 Å². The average Bonchev–Trinajstić information content (AvgIpc) is 3.08. The second-order valence-electron chi connectivity index (χ2n) is 4.93. The van der Waals surface area contributed by atoms with Crippen LogP contribution in [-0.4, -0.2) is 34.9 Å². The topological polar surface area (TPSA) is 117 Å². The summed E-state index contributed by atoms with van der Waals surface area (Å²) in [5, 5.41) is 16.8. The van der Waals surface area contributed by atoms with Gasteiger partial charge in [0.05, 0.1) is 0 Å². The molecule has 18 heavy (non-hydrogen) atoms. The van der Waals surface area contributed by atoms with Crippen LogP contribution in [0.2, 0.25) is 0 Å². The molecule has 0 aromatic rings. The molecular weight excluding hydrogens is 236 g/mol. The van der Waals surface area contributed by atoms with Gasteiger partial charge in [0, 0.05) is 6.04 Å². The summed E-state index contributed by atoms with van der Waals surface area (Å²) in [4.78, 5) is 23.6. The highest BCUT2D eigenvalue weighted by Crippen LogP contribution is 2.46. The number of nitrogens with zero attached hydrogens (tertiary/aromatic N) is 1. The third kappa shape index (κ3) is 2.91. The van der Waals surface area contributed by atoms with Crippen molar-refractivity contribution < 1.29 is 14.8 Å². The largest absolute Gasteiger partial charge is 0.409 e. The van der Waals surface area contributed by atoms with Gasteiger partial charge in [-0.3, -0.25) is 9.59 Å². The number of amides is 2. The number of rotatable bonds is 5. The minimum Gasteiger partial charge on any atom is -0.409 e. The van der Waals surface area contributed by atoms with Crippen molar-refractivity contribution in [3.8, 4) is 0 Å². The Balaban J connectivity index is 2.58. The van der Waals surface area contributed by atoms with Gasteiger partial charge in [-0.05, 0) is 33.6 Å². The highest BCUT2D eigenvalue weighted by Gasteiger charge is 2.54. The van der Waals surface area contributed by atoms with E-state index < -0.39 is 11.5 Å². The first-order chi connectivity index (χ1) is 8.33. The zero-order valence-electron chi connectivity index (χ0n) is 10.9. The van der Waals surface area contributed by atoms with Crippen LogP contribution < -0.4 is 16.4 Å². The number of hydrogen-bond donors (Lipinski definition) is 4. The Hall–Kier alpha value is -1.79. The van der Waals surface area contributed by atoms with Gasteiger partial charge < -0.3 is 21.6 Å². The quantitative estimate of drug-likeness (QED) is 0.230. The van der Waals surface area contributed by atoms with E-state index in [1.165, 1.54) is 0 Å². The summed E-state index contributed by atoms with van der Waals surface area (Å²) in [5.74, 6) is -0.727. The second-order valence-corrected chi connectivity index (χ2v) is 4.93. The molecule has 5 N–H and O–H groups in total. The molecule has 0 radical (unpaired) electrons. The molecule has 1 atom stereocenters. The minimum absolute atomic E-state index is 0.0100. The summed E-state index contributed by atoms with van der Waals surface area (Å²) in [6.45, 7) is 5.27. The van der Waals surface area contributed by atoms with Gasteiger partial charge in [-0.1, -0.05) is 5.16 Å². The van der Waals surface area contributed by atoms with Crippen molar-refractivity contribution >= 4 is 17.6 Å². The average molecular weight is 256 g/mol. The monoisotopic (exact) mass is 256 g/mol. The summed E-state index contributed by atoms with van der Waals surface area (Å²) >= 11 is 0. The fourth-order valence-corrected chi connectivity index (χ4v) is 1.63. The Morgan fingerprint density at radius 2 is 1.83 bits per heavy atom. The third-order valence-electron chi connectivity index (χ3n) is 2.95. The smallest absolute Gasteiger partial charge is 0.242 e. The lowest BCUT2D eigenvalue weighted by Gasteiger charge is -2.19. The van der Waals surface area contributed by atoms with Crippen LogP contribution in [-0.2, 0) is 9.59 Å². The van der Waals surface area contributed by atoms with Crippen molar-refractivity contribution in [2.75, 3.05) is 0 Å². The highest BCUT2D eigenvalue weighted by molar-refractivity contribution is 6.10. The first-order valence-corrected chi connectivity index (χ1v) is 5.93. The summed E-state index contributed by atoms with van der Waals surface area (Å²) < 4.78 is 0. The number of amidine groups is 1. The number of oxime groups is 1. The SMILES string of the molecule is CC(C)NC(=O)C(C)NC(=O)C1(C(N)=NO)CC1. The standard InChI is InChI=1S/C11H20N4O3/c1-6(2)13-8(16)7(3)14-10(17)11(4-5-11)9(12)15-18/h6-7,18H,4-5H2,1-3H3,(H2,12,15)(H,13,16)(H,14,17). The van der Waals surface area contributed by atoms with Gasteiger partial charge >= 0.3 is 0 Å². The molecule has 1 fully saturated rings. The molecule has 1 unspecified atom stereocenters. The molecule has 0 aromatic carbocycles. The van der Waals surface area contributed by atoms with E-state index in [9.17, 15) is 9.59 Å². The maximum atomic E-state index is 12.0. The van der Waals surface area contributed by atoms with E-state index in [2.05, 4.69) is 15.8 Å². The lowest BCUT2D eigenvalue weighted by Crippen LogP contribution is -2.50. The maximum Gasteiger partial charge on any atom is 0.242 e. The highest BCUT2D eigenvalue weighted by atomic mass is 16.4. The van der Waals surface area contributed by atoms with Crippen molar-refractivity contribution in [3.05, 3.63) is 0 Å². The van der Waals surface area contributed by atoms with Gasteiger partial charge in [-0.15, -0.1) is 0 Å². The molecule has 0 heterocycles. The van der Waals surface area contributed by atoms with Gasteiger partial charge in [0.1, 0.15) is 11.5 Å². The molecule has 1 aliphatic rings. The van der Waals surface area contributed by atoms with Crippen LogP contribution in [0, 0.1) is 5.41 Å². The molecule has 1 saturated carbocycles. The van der Waals surface area contributed by atoms with E-state index in [0.29, 0.717) is 12.8 Å². The molecule has 102 valence electrons. The molecule has 0 aromatic heterocycles. The molecule has 7 nitrogen and oxygen atoms in total. The van der Waals surface area contributed by atoms with Gasteiger partial charge in [0.2, 0.25) is 11.8 Å². The predicted octanol–water partition coefficient (Wildman–Crippen LogP) is -0.458. The molecule has 0 spiro atoms. The van der Waals surface area contributed by atoms with Crippen molar-refractivity contribution in [2.24, 2.45) is 16.3 Å². The number of nitrogens with one attached hydrogen (secondary N) is 2. The van der Waals surface area contributed by atoms with E-state index >= 15 is 0 Å². The van der Waals surface area contributed by atoms with E-state index in [1.54, 1.807) is 6.92 Å². The van der Waals surface area contributed by atoms with Crippen LogP contribution in [0.25, 0.3) is 0 Å². The molecule has 0 bridgehead atoms. The Morgan fingerprint density at radius 1 is 1.28 bits per heavy atom. The van der Waals surface area contributed by atoms with Gasteiger partial charge in [-0.2, -0.15) is 0 Å². The summed E-state index contributed by atoms with van der Waals surface area (Å²) in [7, 11) is 0. The molecular formula is C11H20N4O3. The predicted molar refractivity (Wildman–Crippen MR) is 66.0 cm³/mol. The van der Waals surface area contributed by atoms with Crippen molar-refractivity contribution in [1.29, 1.82) is 0 Å². The molecule has 0 saturated heterocycles. The number of carbonyl (C=O) groups is 2. The maximum absolute atomic E-state index is 12.0.